The Hall–Kier alpha value is -1.63. The van der Waals surface area contributed by atoms with E-state index in [4.69, 9.17) is 9.52 Å². The number of rotatable bonds is 7. The van der Waals surface area contributed by atoms with Crippen molar-refractivity contribution in [1.82, 2.24) is 4.72 Å². The van der Waals surface area contributed by atoms with Gasteiger partial charge in [0.1, 0.15) is 5.76 Å². The van der Waals surface area contributed by atoms with E-state index in [0.29, 0.717) is 17.5 Å². The van der Waals surface area contributed by atoms with Gasteiger partial charge in [-0.05, 0) is 30.2 Å². The lowest BCUT2D eigenvalue weighted by molar-refractivity contribution is 0.282. The quantitative estimate of drug-likeness (QED) is 0.817. The van der Waals surface area contributed by atoms with Crippen LogP contribution in [-0.2, 0) is 28.8 Å². The molecule has 2 rings (SSSR count). The van der Waals surface area contributed by atoms with Gasteiger partial charge in [0.15, 0.2) is 0 Å². The highest BCUT2D eigenvalue weighted by atomic mass is 32.2. The van der Waals surface area contributed by atoms with E-state index in [0.717, 1.165) is 5.76 Å². The van der Waals surface area contributed by atoms with Crippen molar-refractivity contribution in [3.05, 3.63) is 59.5 Å². The van der Waals surface area contributed by atoms with E-state index in [1.165, 1.54) is 0 Å². The molecule has 0 bridgehead atoms. The third-order valence-corrected chi connectivity index (χ3v) is 4.47. The van der Waals surface area contributed by atoms with Gasteiger partial charge < -0.3 is 9.52 Å². The second kappa shape index (κ2) is 6.89. The minimum absolute atomic E-state index is 0.101. The number of furan rings is 1. The Labute approximate surface area is 124 Å². The van der Waals surface area contributed by atoms with Crippen molar-refractivity contribution in [2.75, 3.05) is 0 Å². The van der Waals surface area contributed by atoms with E-state index in [1.807, 2.05) is 6.07 Å². The Bertz CT molecular complexity index is 665. The minimum atomic E-state index is -3.44. The van der Waals surface area contributed by atoms with E-state index in [9.17, 15) is 8.42 Å². The van der Waals surface area contributed by atoms with E-state index in [-0.39, 0.29) is 18.4 Å². The second-order valence-electron chi connectivity index (χ2n) is 5.04. The Balaban J connectivity index is 1.97. The van der Waals surface area contributed by atoms with Gasteiger partial charge in [0.25, 0.3) is 0 Å². The highest BCUT2D eigenvalue weighted by molar-refractivity contribution is 7.88. The van der Waals surface area contributed by atoms with Gasteiger partial charge in [-0.2, -0.15) is 0 Å². The molecule has 2 N–H and O–H groups in total. The summed E-state index contributed by atoms with van der Waals surface area (Å²) < 4.78 is 32.1. The van der Waals surface area contributed by atoms with Gasteiger partial charge in [0.05, 0.1) is 18.6 Å². The lowest BCUT2D eigenvalue weighted by Gasteiger charge is -2.13. The Morgan fingerprint density at radius 2 is 2.00 bits per heavy atom. The highest BCUT2D eigenvalue weighted by Gasteiger charge is 2.16. The molecule has 1 atom stereocenters. The summed E-state index contributed by atoms with van der Waals surface area (Å²) in [4.78, 5) is 0. The fourth-order valence-electron chi connectivity index (χ4n) is 2.16. The molecule has 1 unspecified atom stereocenters. The molecule has 0 spiro atoms. The fraction of sp³-hybridized carbons (Fsp3) is 0.333. The first-order chi connectivity index (χ1) is 9.98. The van der Waals surface area contributed by atoms with Gasteiger partial charge in [-0.1, -0.05) is 24.3 Å². The zero-order valence-electron chi connectivity index (χ0n) is 11.8. The van der Waals surface area contributed by atoms with Gasteiger partial charge >= 0.3 is 0 Å². The molecule has 2 aromatic rings. The molecule has 21 heavy (non-hydrogen) atoms. The van der Waals surface area contributed by atoms with Crippen molar-refractivity contribution in [2.45, 2.75) is 31.7 Å². The molecular weight excluding hydrogens is 290 g/mol. The van der Waals surface area contributed by atoms with Crippen LogP contribution in [0.1, 0.15) is 23.8 Å². The Kier molecular flexibility index (Phi) is 5.17. The molecule has 0 saturated heterocycles. The molecule has 1 heterocycles. The SMILES string of the molecule is CC(Cc1ccco1)NS(=O)(=O)Cc1cccc(CO)c1. The largest absolute Gasteiger partial charge is 0.469 e. The molecule has 0 radical (unpaired) electrons. The molecule has 0 aliphatic carbocycles. The molecule has 0 saturated carbocycles. The third-order valence-electron chi connectivity index (χ3n) is 3.00. The van der Waals surface area contributed by atoms with Crippen LogP contribution in [0.25, 0.3) is 0 Å². The number of aliphatic hydroxyl groups excluding tert-OH is 1. The van der Waals surface area contributed by atoms with Crippen LogP contribution in [0.4, 0.5) is 0 Å². The molecular formula is C15H19NO4S. The van der Waals surface area contributed by atoms with E-state index >= 15 is 0 Å². The fourth-order valence-corrected chi connectivity index (χ4v) is 3.56. The molecule has 6 heteroatoms. The number of benzene rings is 1. The summed E-state index contributed by atoms with van der Waals surface area (Å²) in [5.74, 6) is 0.635. The van der Waals surface area contributed by atoms with Crippen LogP contribution in [0.2, 0.25) is 0 Å². The maximum atomic E-state index is 12.1. The first-order valence-electron chi connectivity index (χ1n) is 6.69. The number of aliphatic hydroxyl groups is 1. The van der Waals surface area contributed by atoms with Gasteiger partial charge in [0, 0.05) is 12.5 Å². The number of sulfonamides is 1. The monoisotopic (exact) mass is 309 g/mol. The average Bonchev–Trinajstić information content (AvgIpc) is 2.90. The van der Waals surface area contributed by atoms with E-state index in [1.54, 1.807) is 43.5 Å². The zero-order chi connectivity index (χ0) is 15.3. The Morgan fingerprint density at radius 1 is 1.24 bits per heavy atom. The van der Waals surface area contributed by atoms with Crippen molar-refractivity contribution in [3.8, 4) is 0 Å². The highest BCUT2D eigenvalue weighted by Crippen LogP contribution is 2.10. The maximum absolute atomic E-state index is 12.1. The molecule has 0 aliphatic heterocycles. The topological polar surface area (TPSA) is 79.5 Å². The smallest absolute Gasteiger partial charge is 0.216 e. The van der Waals surface area contributed by atoms with Crippen molar-refractivity contribution in [2.24, 2.45) is 0 Å². The van der Waals surface area contributed by atoms with Gasteiger partial charge in [-0.3, -0.25) is 0 Å². The third kappa shape index (κ3) is 5.00. The summed E-state index contributed by atoms with van der Waals surface area (Å²) in [5, 5.41) is 9.07. The lowest BCUT2D eigenvalue weighted by Crippen LogP contribution is -2.34. The summed E-state index contributed by atoms with van der Waals surface area (Å²) in [6, 6.07) is 10.3. The van der Waals surface area contributed by atoms with Crippen molar-refractivity contribution < 1.29 is 17.9 Å². The van der Waals surface area contributed by atoms with Crippen LogP contribution in [0.5, 0.6) is 0 Å². The number of hydrogen-bond acceptors (Lipinski definition) is 4. The van der Waals surface area contributed by atoms with Crippen molar-refractivity contribution in [3.63, 3.8) is 0 Å². The molecule has 0 aliphatic rings. The molecule has 5 nitrogen and oxygen atoms in total. The molecule has 114 valence electrons. The molecule has 1 aromatic carbocycles. The predicted octanol–water partition coefficient (Wildman–Crippen LogP) is 1.82. The zero-order valence-corrected chi connectivity index (χ0v) is 12.6. The maximum Gasteiger partial charge on any atom is 0.216 e. The normalized spacial score (nSPS) is 13.2. The van der Waals surface area contributed by atoms with Crippen molar-refractivity contribution >= 4 is 10.0 Å². The van der Waals surface area contributed by atoms with Crippen LogP contribution in [0.15, 0.2) is 47.1 Å². The van der Waals surface area contributed by atoms with Gasteiger partial charge in [0.2, 0.25) is 10.0 Å². The first-order valence-corrected chi connectivity index (χ1v) is 8.35. The molecule has 0 fully saturated rings. The minimum Gasteiger partial charge on any atom is -0.469 e. The lowest BCUT2D eigenvalue weighted by atomic mass is 10.1. The van der Waals surface area contributed by atoms with Crippen LogP contribution in [0, 0.1) is 0 Å². The van der Waals surface area contributed by atoms with Gasteiger partial charge in [-0.25, -0.2) is 13.1 Å². The Morgan fingerprint density at radius 3 is 2.67 bits per heavy atom. The predicted molar refractivity (Wildman–Crippen MR) is 80.0 cm³/mol. The number of nitrogens with one attached hydrogen (secondary N) is 1. The van der Waals surface area contributed by atoms with Crippen LogP contribution < -0.4 is 4.72 Å². The summed E-state index contributed by atoms with van der Waals surface area (Å²) in [6.45, 7) is 1.69. The van der Waals surface area contributed by atoms with Crippen molar-refractivity contribution in [1.29, 1.82) is 0 Å². The first kappa shape index (κ1) is 15.8. The standard InChI is InChI=1S/C15H19NO4S/c1-12(8-15-6-3-7-20-15)16-21(18,19)11-14-5-2-4-13(9-14)10-17/h2-7,9,12,16-17H,8,10-11H2,1H3. The van der Waals surface area contributed by atoms with Gasteiger partial charge in [-0.15, -0.1) is 0 Å². The summed E-state index contributed by atoms with van der Waals surface area (Å²) in [5.41, 5.74) is 1.35. The summed E-state index contributed by atoms with van der Waals surface area (Å²) in [7, 11) is -3.44. The molecule has 0 amide bonds. The average molecular weight is 309 g/mol. The summed E-state index contributed by atoms with van der Waals surface area (Å²) in [6.07, 6.45) is 2.07. The number of hydrogen-bond donors (Lipinski definition) is 2. The van der Waals surface area contributed by atoms with Crippen LogP contribution >= 0.6 is 0 Å². The second-order valence-corrected chi connectivity index (χ2v) is 6.79. The van der Waals surface area contributed by atoms with Crippen LogP contribution in [-0.4, -0.2) is 19.6 Å². The van der Waals surface area contributed by atoms with Crippen LogP contribution in [0.3, 0.4) is 0 Å². The van der Waals surface area contributed by atoms with E-state index in [2.05, 4.69) is 4.72 Å². The van der Waals surface area contributed by atoms with E-state index < -0.39 is 10.0 Å². The molecule has 1 aromatic heterocycles. The summed E-state index contributed by atoms with van der Waals surface area (Å²) >= 11 is 0.